The van der Waals surface area contributed by atoms with Gasteiger partial charge in [-0.05, 0) is 47.2 Å². The molecule has 8 nitrogen and oxygen atoms in total. The average molecular weight is 416 g/mol. The third-order valence-electron chi connectivity index (χ3n) is 4.90. The number of aromatic nitrogens is 4. The number of tetrazole rings is 1. The lowest BCUT2D eigenvalue weighted by Crippen LogP contribution is -2.40. The van der Waals surface area contributed by atoms with Crippen molar-refractivity contribution in [1.82, 2.24) is 30.4 Å². The molecule has 1 N–H and O–H groups in total. The van der Waals surface area contributed by atoms with Crippen molar-refractivity contribution in [1.29, 1.82) is 0 Å². The lowest BCUT2D eigenvalue weighted by molar-refractivity contribution is -0.137. The largest absolute Gasteiger partial charge is 0.416 e. The summed E-state index contributed by atoms with van der Waals surface area (Å²) >= 11 is 0. The van der Waals surface area contributed by atoms with Gasteiger partial charge >= 0.3 is 12.2 Å². The van der Waals surface area contributed by atoms with Crippen molar-refractivity contribution in [2.75, 3.05) is 0 Å². The minimum Gasteiger partial charge on any atom is -0.319 e. The molecule has 1 saturated heterocycles. The summed E-state index contributed by atoms with van der Waals surface area (Å²) in [7, 11) is 0. The summed E-state index contributed by atoms with van der Waals surface area (Å²) in [6.07, 6.45) is -4.47. The molecule has 1 aliphatic heterocycles. The second kappa shape index (κ2) is 6.94. The molecule has 0 radical (unpaired) electrons. The van der Waals surface area contributed by atoms with E-state index in [1.807, 2.05) is 0 Å². The normalized spacial score (nSPS) is 19.3. The number of carbonyl (C=O) groups excluding carboxylic acids is 2. The quantitative estimate of drug-likeness (QED) is 0.660. The first-order chi connectivity index (χ1) is 14.2. The van der Waals surface area contributed by atoms with Crippen LogP contribution in [0.5, 0.6) is 0 Å². The highest BCUT2D eigenvalue weighted by molar-refractivity contribution is 6.07. The van der Waals surface area contributed by atoms with E-state index < -0.39 is 29.2 Å². The van der Waals surface area contributed by atoms with Gasteiger partial charge < -0.3 is 5.32 Å². The Morgan fingerprint density at radius 1 is 1.03 bits per heavy atom. The summed E-state index contributed by atoms with van der Waals surface area (Å²) in [6, 6.07) is 12.4. The van der Waals surface area contributed by atoms with E-state index >= 15 is 0 Å². The maximum Gasteiger partial charge on any atom is 0.416 e. The summed E-state index contributed by atoms with van der Waals surface area (Å²) in [6.45, 7) is 1.35. The first kappa shape index (κ1) is 19.6. The van der Waals surface area contributed by atoms with Gasteiger partial charge in [-0.1, -0.05) is 30.3 Å². The van der Waals surface area contributed by atoms with Gasteiger partial charge in [-0.2, -0.15) is 17.9 Å². The summed E-state index contributed by atoms with van der Waals surface area (Å²) in [4.78, 5) is 26.5. The van der Waals surface area contributed by atoms with Crippen LogP contribution in [0.15, 0.2) is 54.6 Å². The van der Waals surface area contributed by atoms with Crippen molar-refractivity contribution < 1.29 is 22.8 Å². The number of imide groups is 1. The van der Waals surface area contributed by atoms with Crippen LogP contribution >= 0.6 is 0 Å². The number of alkyl halides is 3. The standard InChI is InChI=1S/C19H15F3N6O2/c1-18(12-5-3-2-4-6-12)16(29)27(17(30)23-18)11-15-24-25-26-28(15)14-9-7-13(8-10-14)19(20,21)22/h2-10H,11H2,1H3,(H,23,30). The number of rotatable bonds is 4. The lowest BCUT2D eigenvalue weighted by Gasteiger charge is -2.22. The fourth-order valence-corrected chi connectivity index (χ4v) is 3.25. The first-order valence-electron chi connectivity index (χ1n) is 8.85. The fourth-order valence-electron chi connectivity index (χ4n) is 3.25. The van der Waals surface area contributed by atoms with Gasteiger partial charge in [0.15, 0.2) is 5.82 Å². The topological polar surface area (TPSA) is 93.0 Å². The molecule has 30 heavy (non-hydrogen) atoms. The number of carbonyl (C=O) groups is 2. The second-order valence-corrected chi connectivity index (χ2v) is 6.86. The molecule has 1 aliphatic rings. The molecule has 1 atom stereocenters. The van der Waals surface area contributed by atoms with Crippen LogP contribution in [0.3, 0.4) is 0 Å². The highest BCUT2D eigenvalue weighted by atomic mass is 19.4. The van der Waals surface area contributed by atoms with E-state index in [1.54, 1.807) is 37.3 Å². The van der Waals surface area contributed by atoms with Crippen LogP contribution in [0.25, 0.3) is 5.69 Å². The second-order valence-electron chi connectivity index (χ2n) is 6.86. The molecular formula is C19H15F3N6O2. The van der Waals surface area contributed by atoms with Gasteiger partial charge in [0.1, 0.15) is 5.54 Å². The molecule has 0 spiro atoms. The van der Waals surface area contributed by atoms with Crippen molar-refractivity contribution in [2.45, 2.75) is 25.2 Å². The lowest BCUT2D eigenvalue weighted by atomic mass is 9.92. The maximum absolute atomic E-state index is 13.0. The molecule has 4 rings (SSSR count). The smallest absolute Gasteiger partial charge is 0.319 e. The Labute approximate surface area is 168 Å². The Morgan fingerprint density at radius 2 is 1.70 bits per heavy atom. The number of amides is 3. The van der Waals surface area contributed by atoms with Gasteiger partial charge in [-0.25, -0.2) is 4.79 Å². The minimum atomic E-state index is -4.47. The Morgan fingerprint density at radius 3 is 2.33 bits per heavy atom. The molecule has 2 aromatic carbocycles. The Kier molecular flexibility index (Phi) is 4.52. The average Bonchev–Trinajstić information content (AvgIpc) is 3.27. The van der Waals surface area contributed by atoms with Gasteiger partial charge in [-0.15, -0.1) is 5.10 Å². The molecule has 1 fully saturated rings. The van der Waals surface area contributed by atoms with Gasteiger partial charge in [0.25, 0.3) is 5.91 Å². The van der Waals surface area contributed by atoms with E-state index in [1.165, 1.54) is 16.8 Å². The van der Waals surface area contributed by atoms with Crippen LogP contribution in [0.2, 0.25) is 0 Å². The van der Waals surface area contributed by atoms with Crippen LogP contribution in [0.1, 0.15) is 23.9 Å². The van der Waals surface area contributed by atoms with E-state index in [0.717, 1.165) is 17.0 Å². The zero-order chi connectivity index (χ0) is 21.5. The Bertz CT molecular complexity index is 1100. The molecule has 154 valence electrons. The summed E-state index contributed by atoms with van der Waals surface area (Å²) in [5.41, 5.74) is -1.17. The molecule has 0 bridgehead atoms. The van der Waals surface area contributed by atoms with Crippen LogP contribution in [-0.2, 0) is 23.1 Å². The van der Waals surface area contributed by atoms with Gasteiger partial charge in [0.05, 0.1) is 17.8 Å². The predicted octanol–water partition coefficient (Wildman–Crippen LogP) is 2.65. The van der Waals surface area contributed by atoms with Crippen LogP contribution in [0.4, 0.5) is 18.0 Å². The van der Waals surface area contributed by atoms with Crippen molar-refractivity contribution >= 4 is 11.9 Å². The fraction of sp³-hybridized carbons (Fsp3) is 0.211. The van der Waals surface area contributed by atoms with E-state index in [9.17, 15) is 22.8 Å². The number of halogens is 3. The molecule has 3 aromatic rings. The summed E-state index contributed by atoms with van der Waals surface area (Å²) < 4.78 is 39.5. The predicted molar refractivity (Wildman–Crippen MR) is 97.0 cm³/mol. The van der Waals surface area contributed by atoms with Gasteiger partial charge in [0.2, 0.25) is 0 Å². The van der Waals surface area contributed by atoms with Crippen molar-refractivity contribution in [3.63, 3.8) is 0 Å². The minimum absolute atomic E-state index is 0.121. The monoisotopic (exact) mass is 416 g/mol. The van der Waals surface area contributed by atoms with Crippen molar-refractivity contribution in [3.8, 4) is 5.69 Å². The number of nitrogens with zero attached hydrogens (tertiary/aromatic N) is 5. The summed E-state index contributed by atoms with van der Waals surface area (Å²) in [5.74, 6) is -0.365. The maximum atomic E-state index is 13.0. The number of urea groups is 1. The van der Waals surface area contributed by atoms with Gasteiger partial charge in [-0.3, -0.25) is 9.69 Å². The van der Waals surface area contributed by atoms with E-state index in [4.69, 9.17) is 0 Å². The van der Waals surface area contributed by atoms with Crippen LogP contribution in [-0.4, -0.2) is 37.0 Å². The molecule has 1 unspecified atom stereocenters. The number of hydrogen-bond donors (Lipinski definition) is 1. The number of hydrogen-bond acceptors (Lipinski definition) is 5. The molecule has 2 heterocycles. The highest BCUT2D eigenvalue weighted by Gasteiger charge is 2.49. The van der Waals surface area contributed by atoms with Crippen LogP contribution in [0, 0.1) is 0 Å². The first-order valence-corrected chi connectivity index (χ1v) is 8.85. The van der Waals surface area contributed by atoms with E-state index in [-0.39, 0.29) is 18.1 Å². The molecular weight excluding hydrogens is 401 g/mol. The molecule has 0 aliphatic carbocycles. The van der Waals surface area contributed by atoms with Crippen LogP contribution < -0.4 is 5.32 Å². The van der Waals surface area contributed by atoms with Crippen molar-refractivity contribution in [2.24, 2.45) is 0 Å². The number of nitrogens with one attached hydrogen (secondary N) is 1. The Balaban J connectivity index is 1.60. The third kappa shape index (κ3) is 3.27. The van der Waals surface area contributed by atoms with Crippen molar-refractivity contribution in [3.05, 3.63) is 71.5 Å². The molecule has 11 heteroatoms. The van der Waals surface area contributed by atoms with Gasteiger partial charge in [0, 0.05) is 0 Å². The zero-order valence-electron chi connectivity index (χ0n) is 15.6. The highest BCUT2D eigenvalue weighted by Crippen LogP contribution is 2.31. The van der Waals surface area contributed by atoms with E-state index in [0.29, 0.717) is 5.56 Å². The van der Waals surface area contributed by atoms with E-state index in [2.05, 4.69) is 20.8 Å². The molecule has 0 saturated carbocycles. The Hall–Kier alpha value is -3.76. The third-order valence-corrected chi connectivity index (χ3v) is 4.90. The zero-order valence-corrected chi connectivity index (χ0v) is 15.6. The molecule has 1 aromatic heterocycles. The summed E-state index contributed by atoms with van der Waals surface area (Å²) in [5, 5.41) is 13.8. The SMILES string of the molecule is CC1(c2ccccc2)NC(=O)N(Cc2nnnn2-c2ccc(C(F)(F)F)cc2)C1=O. The molecule has 3 amide bonds. The number of benzene rings is 2.